The van der Waals surface area contributed by atoms with Gasteiger partial charge in [0.15, 0.2) is 5.82 Å². The molecule has 0 amide bonds. The van der Waals surface area contributed by atoms with E-state index in [1.165, 1.54) is 5.56 Å². The van der Waals surface area contributed by atoms with Crippen molar-refractivity contribution in [2.45, 2.75) is 32.7 Å². The molecule has 182 valence electrons. The number of hydrogen-bond donors (Lipinski definition) is 1. The van der Waals surface area contributed by atoms with E-state index in [1.807, 2.05) is 41.5 Å². The molecule has 1 aromatic heterocycles. The molecule has 1 aliphatic heterocycles. The number of hydroxylamine groups is 1. The lowest BCUT2D eigenvalue weighted by atomic mass is 10.0. The second kappa shape index (κ2) is 13.1. The highest BCUT2D eigenvalue weighted by Gasteiger charge is 2.28. The van der Waals surface area contributed by atoms with Crippen LogP contribution in [0.3, 0.4) is 0 Å². The molecule has 2 heterocycles. The van der Waals surface area contributed by atoms with Gasteiger partial charge in [-0.25, -0.2) is 10.0 Å². The van der Waals surface area contributed by atoms with E-state index < -0.39 is 0 Å². The van der Waals surface area contributed by atoms with Crippen molar-refractivity contribution in [1.29, 1.82) is 0 Å². The Morgan fingerprint density at radius 3 is 2.56 bits per heavy atom. The maximum absolute atomic E-state index is 5.90. The quantitative estimate of drug-likeness (QED) is 0.354. The van der Waals surface area contributed by atoms with E-state index in [0.717, 1.165) is 49.7 Å². The van der Waals surface area contributed by atoms with Gasteiger partial charge in [0.1, 0.15) is 5.75 Å². The number of halogens is 1. The molecule has 1 atom stereocenters. The van der Waals surface area contributed by atoms with Gasteiger partial charge in [0.2, 0.25) is 5.95 Å². The molecule has 4 rings (SSSR count). The van der Waals surface area contributed by atoms with Gasteiger partial charge in [-0.3, -0.25) is 4.84 Å². The summed E-state index contributed by atoms with van der Waals surface area (Å²) in [4.78, 5) is 17.4. The van der Waals surface area contributed by atoms with E-state index in [4.69, 9.17) is 9.57 Å². The first kappa shape index (κ1) is 25.7. The van der Waals surface area contributed by atoms with Crippen molar-refractivity contribution < 1.29 is 9.57 Å². The molecule has 2 aromatic carbocycles. The normalized spacial score (nSPS) is 15.3. The molecule has 1 saturated heterocycles. The summed E-state index contributed by atoms with van der Waals surface area (Å²) in [6, 6.07) is 20.3. The minimum atomic E-state index is 0. The Bertz CT molecular complexity index is 986. The molecule has 3 aromatic rings. The van der Waals surface area contributed by atoms with Gasteiger partial charge < -0.3 is 15.0 Å². The Hall–Kier alpha value is -2.87. The molecule has 0 saturated carbocycles. The topological polar surface area (TPSA) is 62.8 Å². The largest absolute Gasteiger partial charge is 0.494 e. The Labute approximate surface area is 208 Å². The maximum Gasteiger partial charge on any atom is 0.229 e. The summed E-state index contributed by atoms with van der Waals surface area (Å²) in [5, 5.41) is 5.17. The van der Waals surface area contributed by atoms with E-state index in [9.17, 15) is 0 Å². The first-order valence-electron chi connectivity index (χ1n) is 11.8. The predicted molar refractivity (Wildman–Crippen MR) is 139 cm³/mol. The van der Waals surface area contributed by atoms with Crippen LogP contribution in [0.1, 0.15) is 38.3 Å². The summed E-state index contributed by atoms with van der Waals surface area (Å²) in [5.41, 5.74) is 2.13. The van der Waals surface area contributed by atoms with Crippen molar-refractivity contribution in [3.63, 3.8) is 0 Å². The molecule has 0 bridgehead atoms. The Morgan fingerprint density at radius 2 is 1.82 bits per heavy atom. The van der Waals surface area contributed by atoms with Crippen molar-refractivity contribution >= 4 is 29.9 Å². The highest BCUT2D eigenvalue weighted by Crippen LogP contribution is 2.34. The molecule has 1 aliphatic rings. The molecule has 0 radical (unpaired) electrons. The van der Waals surface area contributed by atoms with Crippen molar-refractivity contribution in [3.05, 3.63) is 72.4 Å². The van der Waals surface area contributed by atoms with Gasteiger partial charge in [-0.15, -0.1) is 12.4 Å². The van der Waals surface area contributed by atoms with E-state index in [2.05, 4.69) is 58.3 Å². The number of nitrogens with one attached hydrogen (secondary N) is 1. The zero-order valence-electron chi connectivity index (χ0n) is 19.9. The van der Waals surface area contributed by atoms with Crippen LogP contribution in [0.5, 0.6) is 5.75 Å². The summed E-state index contributed by atoms with van der Waals surface area (Å²) in [5.74, 6) is 2.14. The fourth-order valence-corrected chi connectivity index (χ4v) is 3.99. The lowest BCUT2D eigenvalue weighted by Gasteiger charge is -2.24. The standard InChI is InChI=1S/C26H33N5O2.ClH/c1-3-30(4-2)18-8-19-32-23-13-11-22(12-14-23)28-26-27-17-15-25(29-26)31-24(16-20-33-31)21-9-6-5-7-10-21;/h5-7,9-15,17,24H,3-4,8,16,18-20H2,1-2H3,(H,27,28,29);1H/t24-;/m0./s1. The summed E-state index contributed by atoms with van der Waals surface area (Å²) in [6.07, 6.45) is 3.69. The lowest BCUT2D eigenvalue weighted by molar-refractivity contribution is 0.157. The molecule has 0 spiro atoms. The fourth-order valence-electron chi connectivity index (χ4n) is 3.99. The molecule has 7 nitrogen and oxygen atoms in total. The summed E-state index contributed by atoms with van der Waals surface area (Å²) in [6.45, 7) is 8.99. The molecule has 1 fully saturated rings. The third-order valence-corrected chi connectivity index (χ3v) is 5.85. The number of ether oxygens (including phenoxy) is 1. The molecule has 1 N–H and O–H groups in total. The second-order valence-electron chi connectivity index (χ2n) is 7.99. The third kappa shape index (κ3) is 6.82. The summed E-state index contributed by atoms with van der Waals surface area (Å²) >= 11 is 0. The van der Waals surface area contributed by atoms with Crippen molar-refractivity contribution in [1.82, 2.24) is 14.9 Å². The smallest absolute Gasteiger partial charge is 0.229 e. The number of benzene rings is 2. The van der Waals surface area contributed by atoms with Crippen molar-refractivity contribution in [2.24, 2.45) is 0 Å². The van der Waals surface area contributed by atoms with Crippen LogP contribution < -0.4 is 15.1 Å². The van der Waals surface area contributed by atoms with Crippen LogP contribution in [0.2, 0.25) is 0 Å². The van der Waals surface area contributed by atoms with Crippen LogP contribution in [0.25, 0.3) is 0 Å². The number of nitrogens with zero attached hydrogens (tertiary/aromatic N) is 4. The summed E-state index contributed by atoms with van der Waals surface area (Å²) in [7, 11) is 0. The summed E-state index contributed by atoms with van der Waals surface area (Å²) < 4.78 is 5.88. The van der Waals surface area contributed by atoms with Crippen LogP contribution >= 0.6 is 12.4 Å². The zero-order valence-corrected chi connectivity index (χ0v) is 20.7. The van der Waals surface area contributed by atoms with Gasteiger partial charge in [-0.05, 0) is 49.3 Å². The Morgan fingerprint density at radius 1 is 1.06 bits per heavy atom. The van der Waals surface area contributed by atoms with Gasteiger partial charge >= 0.3 is 0 Å². The minimum Gasteiger partial charge on any atom is -0.494 e. The van der Waals surface area contributed by atoms with Crippen molar-refractivity contribution in [3.8, 4) is 5.75 Å². The third-order valence-electron chi connectivity index (χ3n) is 5.85. The second-order valence-corrected chi connectivity index (χ2v) is 7.99. The first-order chi connectivity index (χ1) is 16.3. The monoisotopic (exact) mass is 483 g/mol. The van der Waals surface area contributed by atoms with Crippen LogP contribution in [0.15, 0.2) is 66.9 Å². The highest BCUT2D eigenvalue weighted by molar-refractivity contribution is 5.85. The van der Waals surface area contributed by atoms with E-state index in [0.29, 0.717) is 19.2 Å². The number of anilines is 3. The van der Waals surface area contributed by atoms with E-state index in [1.54, 1.807) is 6.20 Å². The van der Waals surface area contributed by atoms with Crippen LogP contribution in [0.4, 0.5) is 17.5 Å². The van der Waals surface area contributed by atoms with Gasteiger partial charge in [-0.2, -0.15) is 4.98 Å². The van der Waals surface area contributed by atoms with Crippen LogP contribution in [-0.2, 0) is 4.84 Å². The van der Waals surface area contributed by atoms with E-state index in [-0.39, 0.29) is 18.4 Å². The Balaban J connectivity index is 0.00000324. The molecular formula is C26H34ClN5O2. The van der Waals surface area contributed by atoms with E-state index >= 15 is 0 Å². The first-order valence-corrected chi connectivity index (χ1v) is 11.8. The predicted octanol–water partition coefficient (Wildman–Crippen LogP) is 5.64. The van der Waals surface area contributed by atoms with Gasteiger partial charge in [0.25, 0.3) is 0 Å². The minimum absolute atomic E-state index is 0. The molecule has 0 aliphatic carbocycles. The van der Waals surface area contributed by atoms with Gasteiger partial charge in [0, 0.05) is 30.9 Å². The molecule has 34 heavy (non-hydrogen) atoms. The SMILES string of the molecule is CCN(CC)CCCOc1ccc(Nc2nccc(N3OCC[C@H]3c3ccccc3)n2)cc1.Cl. The number of hydrogen-bond acceptors (Lipinski definition) is 7. The van der Waals surface area contributed by atoms with Gasteiger partial charge in [-0.1, -0.05) is 44.2 Å². The molecule has 0 unspecified atom stereocenters. The molecular weight excluding hydrogens is 450 g/mol. The highest BCUT2D eigenvalue weighted by atomic mass is 35.5. The van der Waals surface area contributed by atoms with Crippen LogP contribution in [0, 0.1) is 0 Å². The zero-order chi connectivity index (χ0) is 22.9. The number of rotatable bonds is 11. The maximum atomic E-state index is 5.90. The lowest BCUT2D eigenvalue weighted by Crippen LogP contribution is -2.25. The average molecular weight is 484 g/mol. The number of aromatic nitrogens is 2. The molecule has 8 heteroatoms. The Kier molecular flexibility index (Phi) is 9.94. The van der Waals surface area contributed by atoms with Gasteiger partial charge in [0.05, 0.1) is 19.3 Å². The average Bonchev–Trinajstić information content (AvgIpc) is 3.36. The van der Waals surface area contributed by atoms with Crippen LogP contribution in [-0.4, -0.2) is 47.7 Å². The van der Waals surface area contributed by atoms with Crippen molar-refractivity contribution in [2.75, 3.05) is 43.2 Å². The fraction of sp³-hybridized carbons (Fsp3) is 0.385.